The van der Waals surface area contributed by atoms with E-state index in [0.29, 0.717) is 5.82 Å². The summed E-state index contributed by atoms with van der Waals surface area (Å²) in [5, 5.41) is 4.23. The minimum absolute atomic E-state index is 0.0848. The van der Waals surface area contributed by atoms with Crippen LogP contribution in [0.3, 0.4) is 0 Å². The van der Waals surface area contributed by atoms with Crippen LogP contribution in [0.4, 0.5) is 16.2 Å². The molecule has 108 valence electrons. The first-order valence-corrected chi connectivity index (χ1v) is 7.40. The minimum atomic E-state index is -0.250. The summed E-state index contributed by atoms with van der Waals surface area (Å²) in [6.45, 7) is 3.97. The topological polar surface area (TPSA) is 63.8 Å². The summed E-state index contributed by atoms with van der Waals surface area (Å²) in [4.78, 5) is 10.5. The van der Waals surface area contributed by atoms with Crippen LogP contribution in [0.5, 0.6) is 0 Å². The van der Waals surface area contributed by atoms with Gasteiger partial charge in [0.25, 0.3) is 0 Å². The Morgan fingerprint density at radius 2 is 2.10 bits per heavy atom. The van der Waals surface area contributed by atoms with Gasteiger partial charge in [0.05, 0.1) is 11.4 Å². The van der Waals surface area contributed by atoms with Crippen LogP contribution in [0.1, 0.15) is 23.4 Å². The van der Waals surface area contributed by atoms with Gasteiger partial charge < -0.3 is 11.1 Å². The molecule has 1 unspecified atom stereocenters. The van der Waals surface area contributed by atoms with Crippen LogP contribution >= 0.6 is 11.3 Å². The first-order valence-electron chi connectivity index (χ1n) is 6.58. The van der Waals surface area contributed by atoms with Crippen molar-refractivity contribution in [2.75, 3.05) is 11.1 Å². The number of rotatable bonds is 3. The fraction of sp³-hybridized carbons (Fsp3) is 0.200. The molecule has 3 N–H and O–H groups in total. The van der Waals surface area contributed by atoms with Crippen molar-refractivity contribution in [2.24, 2.45) is 0 Å². The molecule has 1 aromatic carbocycles. The Kier molecular flexibility index (Phi) is 3.47. The number of hydrogen-bond donors (Lipinski definition) is 2. The van der Waals surface area contributed by atoms with Gasteiger partial charge in [-0.1, -0.05) is 12.1 Å². The molecule has 1 atom stereocenters. The number of aromatic nitrogens is 2. The van der Waals surface area contributed by atoms with Crippen LogP contribution in [0, 0.1) is 12.7 Å². The number of nitrogens with two attached hydrogens (primary N) is 1. The van der Waals surface area contributed by atoms with Crippen LogP contribution < -0.4 is 11.1 Å². The molecule has 0 aliphatic carbocycles. The molecule has 0 saturated carbocycles. The van der Waals surface area contributed by atoms with E-state index in [4.69, 9.17) is 5.73 Å². The number of fused-ring (bicyclic) bond motifs is 1. The number of benzene rings is 1. The second-order valence-corrected chi connectivity index (χ2v) is 6.16. The van der Waals surface area contributed by atoms with E-state index in [1.807, 2.05) is 26.0 Å². The number of nitrogens with one attached hydrogen (secondary N) is 1. The predicted molar refractivity (Wildman–Crippen MR) is 85.0 cm³/mol. The third-order valence-corrected chi connectivity index (χ3v) is 4.18. The fourth-order valence-corrected chi connectivity index (χ4v) is 3.12. The first-order chi connectivity index (χ1) is 10.0. The van der Waals surface area contributed by atoms with E-state index in [2.05, 4.69) is 15.3 Å². The average molecular weight is 302 g/mol. The number of aryl methyl sites for hydroxylation is 1. The van der Waals surface area contributed by atoms with Gasteiger partial charge in [-0.15, -0.1) is 11.3 Å². The normalized spacial score (nSPS) is 12.5. The van der Waals surface area contributed by atoms with Crippen LogP contribution in [0.15, 0.2) is 30.3 Å². The summed E-state index contributed by atoms with van der Waals surface area (Å²) in [6, 6.07) is 8.46. The molecule has 2 aromatic heterocycles. The quantitative estimate of drug-likeness (QED) is 0.770. The molecule has 0 saturated heterocycles. The van der Waals surface area contributed by atoms with Gasteiger partial charge in [0, 0.05) is 4.88 Å². The monoisotopic (exact) mass is 302 g/mol. The molecular formula is C15H15FN4S. The van der Waals surface area contributed by atoms with Gasteiger partial charge in [0.15, 0.2) is 0 Å². The van der Waals surface area contributed by atoms with Crippen molar-refractivity contribution in [2.45, 2.75) is 19.9 Å². The molecule has 2 heterocycles. The van der Waals surface area contributed by atoms with Gasteiger partial charge in [-0.05, 0) is 37.6 Å². The molecule has 0 spiro atoms. The van der Waals surface area contributed by atoms with Crippen LogP contribution in [0.25, 0.3) is 10.2 Å². The first kappa shape index (κ1) is 13.8. The van der Waals surface area contributed by atoms with E-state index in [0.717, 1.165) is 20.7 Å². The molecule has 3 rings (SSSR count). The van der Waals surface area contributed by atoms with Crippen molar-refractivity contribution in [1.82, 2.24) is 9.97 Å². The highest BCUT2D eigenvalue weighted by Gasteiger charge is 2.13. The zero-order chi connectivity index (χ0) is 15.0. The summed E-state index contributed by atoms with van der Waals surface area (Å²) >= 11 is 1.57. The SMILES string of the molecule is Cc1cc2c(NC(C)c3cccc(F)c3)nc(N)nc2s1. The van der Waals surface area contributed by atoms with Crippen LogP contribution in [0.2, 0.25) is 0 Å². The van der Waals surface area contributed by atoms with E-state index in [-0.39, 0.29) is 17.8 Å². The Balaban J connectivity index is 1.97. The lowest BCUT2D eigenvalue weighted by atomic mass is 10.1. The van der Waals surface area contributed by atoms with E-state index < -0.39 is 0 Å². The number of nitrogens with zero attached hydrogens (tertiary/aromatic N) is 2. The molecule has 21 heavy (non-hydrogen) atoms. The van der Waals surface area contributed by atoms with Crippen molar-refractivity contribution < 1.29 is 4.39 Å². The van der Waals surface area contributed by atoms with E-state index in [1.165, 1.54) is 12.1 Å². The maximum Gasteiger partial charge on any atom is 0.223 e. The Bertz CT molecular complexity index is 799. The van der Waals surface area contributed by atoms with E-state index in [1.54, 1.807) is 17.4 Å². The van der Waals surface area contributed by atoms with Gasteiger partial charge in [-0.25, -0.2) is 9.37 Å². The number of nitrogen functional groups attached to an aromatic ring is 1. The maximum atomic E-state index is 13.3. The fourth-order valence-electron chi connectivity index (χ4n) is 2.23. The predicted octanol–water partition coefficient (Wildman–Crippen LogP) is 3.89. The summed E-state index contributed by atoms with van der Waals surface area (Å²) in [7, 11) is 0. The van der Waals surface area contributed by atoms with Crippen LogP contribution in [-0.2, 0) is 0 Å². The minimum Gasteiger partial charge on any atom is -0.368 e. The highest BCUT2D eigenvalue weighted by atomic mass is 32.1. The third-order valence-electron chi connectivity index (χ3n) is 3.24. The molecule has 6 heteroatoms. The van der Waals surface area contributed by atoms with Gasteiger partial charge in [0.2, 0.25) is 5.95 Å². The molecule has 4 nitrogen and oxygen atoms in total. The Labute approximate surface area is 125 Å². The van der Waals surface area contributed by atoms with Gasteiger partial charge >= 0.3 is 0 Å². The second-order valence-electron chi connectivity index (χ2n) is 4.93. The van der Waals surface area contributed by atoms with Gasteiger partial charge in [-0.3, -0.25) is 0 Å². The Morgan fingerprint density at radius 3 is 2.86 bits per heavy atom. The summed E-state index contributed by atoms with van der Waals surface area (Å²) in [6.07, 6.45) is 0. The lowest BCUT2D eigenvalue weighted by molar-refractivity contribution is 0.623. The summed E-state index contributed by atoms with van der Waals surface area (Å²) < 4.78 is 13.3. The molecule has 0 fully saturated rings. The Hall–Kier alpha value is -2.21. The van der Waals surface area contributed by atoms with Crippen molar-refractivity contribution in [3.8, 4) is 0 Å². The smallest absolute Gasteiger partial charge is 0.223 e. The molecular weight excluding hydrogens is 287 g/mol. The second kappa shape index (κ2) is 5.29. The van der Waals surface area contributed by atoms with Crippen molar-refractivity contribution >= 4 is 33.3 Å². The van der Waals surface area contributed by atoms with E-state index in [9.17, 15) is 4.39 Å². The number of anilines is 2. The van der Waals surface area contributed by atoms with Crippen molar-refractivity contribution in [3.05, 3.63) is 46.6 Å². The molecule has 3 aromatic rings. The molecule has 0 aliphatic heterocycles. The summed E-state index contributed by atoms with van der Waals surface area (Å²) in [5.41, 5.74) is 6.61. The largest absolute Gasteiger partial charge is 0.368 e. The summed E-state index contributed by atoms with van der Waals surface area (Å²) in [5.74, 6) is 0.664. The molecule has 0 amide bonds. The number of hydrogen-bond acceptors (Lipinski definition) is 5. The standard InChI is InChI=1S/C15H15FN4S/c1-8-6-12-13(19-15(17)20-14(12)21-8)18-9(2)10-4-3-5-11(16)7-10/h3-7,9H,1-2H3,(H3,17,18,19,20). The third kappa shape index (κ3) is 2.80. The van der Waals surface area contributed by atoms with Gasteiger partial charge in [-0.2, -0.15) is 4.98 Å². The lowest BCUT2D eigenvalue weighted by Crippen LogP contribution is -2.09. The molecule has 0 bridgehead atoms. The lowest BCUT2D eigenvalue weighted by Gasteiger charge is -2.15. The molecule has 0 radical (unpaired) electrons. The highest BCUT2D eigenvalue weighted by molar-refractivity contribution is 7.18. The zero-order valence-electron chi connectivity index (χ0n) is 11.7. The average Bonchev–Trinajstić information content (AvgIpc) is 2.79. The highest BCUT2D eigenvalue weighted by Crippen LogP contribution is 2.31. The maximum absolute atomic E-state index is 13.3. The zero-order valence-corrected chi connectivity index (χ0v) is 12.5. The van der Waals surface area contributed by atoms with Crippen molar-refractivity contribution in [1.29, 1.82) is 0 Å². The van der Waals surface area contributed by atoms with Crippen molar-refractivity contribution in [3.63, 3.8) is 0 Å². The van der Waals surface area contributed by atoms with Crippen LogP contribution in [-0.4, -0.2) is 9.97 Å². The number of thiophene rings is 1. The Morgan fingerprint density at radius 1 is 1.29 bits per heavy atom. The molecule has 0 aliphatic rings. The van der Waals surface area contributed by atoms with Gasteiger partial charge in [0.1, 0.15) is 16.5 Å². The number of halogens is 1. The van der Waals surface area contributed by atoms with E-state index >= 15 is 0 Å².